The van der Waals surface area contributed by atoms with Crippen molar-refractivity contribution in [2.24, 2.45) is 74.4 Å². The topological polar surface area (TPSA) is 303 Å². The molecular formula is C85H159N11O14. The van der Waals surface area contributed by atoms with Crippen LogP contribution in [0, 0.1) is 74.4 Å². The molecule has 6 unspecified atom stereocenters. The number of Topliss-reactive ketones (excluding diaryl/α,β-unsaturated/α-hetero) is 5. The molecule has 0 aromatic carbocycles. The predicted molar refractivity (Wildman–Crippen MR) is 440 cm³/mol. The molecule has 0 spiro atoms. The highest BCUT2D eigenvalue weighted by molar-refractivity contribution is 5.96. The number of ketones is 5. The molecule has 25 nitrogen and oxygen atoms in total. The molecule has 0 saturated heterocycles. The predicted octanol–water partition coefficient (Wildman–Crippen LogP) is 9.20. The number of amides is 7. The zero-order chi connectivity index (χ0) is 84.5. The van der Waals surface area contributed by atoms with Crippen molar-refractivity contribution in [1.82, 2.24) is 56.0 Å². The highest BCUT2D eigenvalue weighted by Crippen LogP contribution is 2.42. The Kier molecular flexibility index (Phi) is 50.0. The van der Waals surface area contributed by atoms with E-state index >= 15 is 24.0 Å². The Hall–Kier alpha value is -5.60. The summed E-state index contributed by atoms with van der Waals surface area (Å²) in [4.78, 5) is 187. The van der Waals surface area contributed by atoms with Gasteiger partial charge in [0.25, 0.3) is 0 Å². The van der Waals surface area contributed by atoms with Crippen LogP contribution < -0.4 is 26.6 Å². The van der Waals surface area contributed by atoms with Crippen molar-refractivity contribution in [3.05, 3.63) is 0 Å². The molecule has 0 aliphatic carbocycles. The van der Waals surface area contributed by atoms with Crippen LogP contribution in [0.5, 0.6) is 0 Å². The van der Waals surface area contributed by atoms with Crippen LogP contribution in [0.2, 0.25) is 0 Å². The number of methoxy groups -OCH3 is 2. The number of rotatable bonds is 64. The molecule has 0 radical (unpaired) electrons. The quantitative estimate of drug-likeness (QED) is 0.0354. The molecule has 0 rings (SSSR count). The number of unbranched alkanes of at least 4 members (excludes halogenated alkanes) is 1. The van der Waals surface area contributed by atoms with Crippen LogP contribution in [0.4, 0.5) is 0 Å². The van der Waals surface area contributed by atoms with E-state index in [4.69, 9.17) is 9.47 Å². The van der Waals surface area contributed by atoms with E-state index in [1.165, 1.54) is 14.2 Å². The minimum absolute atomic E-state index is 0.0370. The SMILES string of the molecule is CCCCNC(=O)C(CC(=O)N(C)CCN(C)CCN(C)C)CC(C)(C)C(=O)CC(CC(C)(C)CC(=O)C(CC(=O)NCC(CC)CC)CC(C)(C)C(=O)CC(CC(C)(C)C(=O)C(CC(=O)NCCOC)CC(C)(C)C(=O)CC(CC)C(=O)NCCOC)C(=O)NCC(CC)CC)C(=O)N(C)CCN(C)CCN(C)C. The molecule has 638 valence electrons. The van der Waals surface area contributed by atoms with E-state index in [2.05, 4.69) is 46.2 Å². The van der Waals surface area contributed by atoms with Crippen LogP contribution in [0.25, 0.3) is 0 Å². The second-order valence-corrected chi connectivity index (χ2v) is 35.8. The summed E-state index contributed by atoms with van der Waals surface area (Å²) in [7, 11) is 18.4. The molecule has 0 heterocycles. The molecule has 0 bridgehead atoms. The number of hydrogen-bond donors (Lipinski definition) is 5. The maximum Gasteiger partial charge on any atom is 0.225 e. The molecule has 0 aliphatic heterocycles. The van der Waals surface area contributed by atoms with E-state index in [1.54, 1.807) is 79.3 Å². The van der Waals surface area contributed by atoms with Gasteiger partial charge in [-0.3, -0.25) is 57.5 Å². The van der Waals surface area contributed by atoms with Crippen molar-refractivity contribution in [2.45, 2.75) is 233 Å². The van der Waals surface area contributed by atoms with Crippen LogP contribution in [0.1, 0.15) is 233 Å². The Morgan fingerprint density at radius 2 is 0.745 bits per heavy atom. The van der Waals surface area contributed by atoms with Gasteiger partial charge < -0.3 is 65.5 Å². The summed E-state index contributed by atoms with van der Waals surface area (Å²) < 4.78 is 10.3. The second-order valence-electron chi connectivity index (χ2n) is 35.8. The van der Waals surface area contributed by atoms with Crippen LogP contribution in [-0.2, 0) is 67.0 Å². The van der Waals surface area contributed by atoms with Gasteiger partial charge in [-0.15, -0.1) is 0 Å². The Morgan fingerprint density at radius 3 is 1.22 bits per heavy atom. The summed E-state index contributed by atoms with van der Waals surface area (Å²) in [5, 5.41) is 14.8. The number of ether oxygens (including phenoxy) is 2. The molecule has 0 aliphatic rings. The zero-order valence-corrected chi connectivity index (χ0v) is 74.1. The van der Waals surface area contributed by atoms with Crippen molar-refractivity contribution >= 4 is 70.3 Å². The first-order valence-electron chi connectivity index (χ1n) is 41.3. The zero-order valence-electron chi connectivity index (χ0n) is 74.1. The van der Waals surface area contributed by atoms with Crippen LogP contribution >= 0.6 is 0 Å². The van der Waals surface area contributed by atoms with Gasteiger partial charge in [-0.25, -0.2) is 0 Å². The molecule has 6 atom stereocenters. The van der Waals surface area contributed by atoms with Crippen LogP contribution in [0.3, 0.4) is 0 Å². The maximum absolute atomic E-state index is 15.5. The van der Waals surface area contributed by atoms with Crippen molar-refractivity contribution in [3.63, 3.8) is 0 Å². The first-order valence-corrected chi connectivity index (χ1v) is 41.3. The Morgan fingerprint density at radius 1 is 0.364 bits per heavy atom. The van der Waals surface area contributed by atoms with E-state index < -0.39 is 74.4 Å². The average molecular weight is 1560 g/mol. The fraction of sp³-hybridized carbons (Fsp3) is 0.859. The van der Waals surface area contributed by atoms with Crippen LogP contribution in [0.15, 0.2) is 0 Å². The molecule has 0 fully saturated rings. The number of nitrogens with one attached hydrogen (secondary N) is 5. The summed E-state index contributed by atoms with van der Waals surface area (Å²) in [5.41, 5.74) is -6.09. The molecule has 0 aromatic rings. The lowest BCUT2D eigenvalue weighted by Gasteiger charge is -2.36. The lowest BCUT2D eigenvalue weighted by atomic mass is 9.67. The van der Waals surface area contributed by atoms with E-state index in [0.717, 1.165) is 64.7 Å². The van der Waals surface area contributed by atoms with Gasteiger partial charge in [-0.1, -0.05) is 143 Å². The van der Waals surface area contributed by atoms with Crippen molar-refractivity contribution in [3.8, 4) is 0 Å². The van der Waals surface area contributed by atoms with Gasteiger partial charge in [-0.05, 0) is 104 Å². The monoisotopic (exact) mass is 1560 g/mol. The van der Waals surface area contributed by atoms with Crippen LogP contribution in [-0.4, -0.2) is 269 Å². The fourth-order valence-electron chi connectivity index (χ4n) is 14.2. The molecule has 25 heteroatoms. The number of hydrogen-bond acceptors (Lipinski definition) is 18. The van der Waals surface area contributed by atoms with Gasteiger partial charge in [0, 0.05) is 216 Å². The first kappa shape index (κ1) is 104. The number of carbonyl (C=O) groups is 12. The summed E-state index contributed by atoms with van der Waals surface area (Å²) >= 11 is 0. The third-order valence-corrected chi connectivity index (χ3v) is 22.6. The van der Waals surface area contributed by atoms with Gasteiger partial charge >= 0.3 is 0 Å². The van der Waals surface area contributed by atoms with Gasteiger partial charge in [0.05, 0.1) is 13.2 Å². The first-order chi connectivity index (χ1) is 51.2. The van der Waals surface area contributed by atoms with Gasteiger partial charge in [0.1, 0.15) is 28.9 Å². The van der Waals surface area contributed by atoms with E-state index in [-0.39, 0.29) is 167 Å². The van der Waals surface area contributed by atoms with E-state index in [9.17, 15) is 33.6 Å². The minimum Gasteiger partial charge on any atom is -0.383 e. The lowest BCUT2D eigenvalue weighted by Crippen LogP contribution is -2.44. The summed E-state index contributed by atoms with van der Waals surface area (Å²) in [6, 6.07) is 0. The number of nitrogens with zero attached hydrogens (tertiary/aromatic N) is 6. The number of carbonyl (C=O) groups excluding carboxylic acids is 12. The summed E-state index contributed by atoms with van der Waals surface area (Å²) in [6.45, 7) is 36.7. The highest BCUT2D eigenvalue weighted by atomic mass is 16.5. The van der Waals surface area contributed by atoms with Crippen molar-refractivity contribution in [1.29, 1.82) is 0 Å². The molecule has 0 aromatic heterocycles. The number of likely N-dealkylation sites (N-methyl/N-ethyl adjacent to an activating group) is 6. The average Bonchev–Trinajstić information content (AvgIpc) is 0.811. The third-order valence-electron chi connectivity index (χ3n) is 22.6. The minimum atomic E-state index is -1.37. The Bertz CT molecular complexity index is 2820. The summed E-state index contributed by atoms with van der Waals surface area (Å²) in [5.74, 6) is -9.30. The van der Waals surface area contributed by atoms with Gasteiger partial charge in [0.2, 0.25) is 41.4 Å². The van der Waals surface area contributed by atoms with E-state index in [1.807, 2.05) is 97.7 Å². The Labute approximate surface area is 666 Å². The normalized spacial score (nSPS) is 14.1. The summed E-state index contributed by atoms with van der Waals surface area (Å²) in [6.07, 6.45) is 3.49. The molecule has 5 N–H and O–H groups in total. The highest BCUT2D eigenvalue weighted by Gasteiger charge is 2.46. The lowest BCUT2D eigenvalue weighted by molar-refractivity contribution is -0.142. The second kappa shape index (κ2) is 52.7. The van der Waals surface area contributed by atoms with Gasteiger partial charge in [-0.2, -0.15) is 0 Å². The maximum atomic E-state index is 15.5. The Balaban J connectivity index is 7.94. The molecule has 0 saturated carbocycles. The molecule has 110 heavy (non-hydrogen) atoms. The van der Waals surface area contributed by atoms with Gasteiger partial charge in [0.15, 0.2) is 0 Å². The van der Waals surface area contributed by atoms with Crippen molar-refractivity contribution in [2.75, 3.05) is 169 Å². The molecular weight excluding hydrogens is 1400 g/mol. The standard InChI is InChI=1S/C85H159N11O14/c1-27-33-34-87-78(106)67(52-75(103)95(23)43-41-93(21)39-37-91(17)18)56-84(13,14)72(100)49-68(80(108)96(24)44-42-94(22)40-38-92(19)20)53-81(7,8)58-69(97)64(50-74(102)89-59-61(28-2)29-3)54-82(9,10)71(99)48-66(79(107)90-60-62(30-4)31-5)57-85(15,16)76(104)65(51-73(101)86-35-45-109-25)55-83(11,12)70(98)47-63(32-6)77(105)88-36-46-110-26/h61-68H,27-60H2,1-26H3,(H,86,101)(H,87,106)(H,88,105)(H,89,102)(H,90,107). The fourth-order valence-corrected chi connectivity index (χ4v) is 14.2. The molecule has 7 amide bonds. The largest absolute Gasteiger partial charge is 0.383 e. The smallest absolute Gasteiger partial charge is 0.225 e. The van der Waals surface area contributed by atoms with Crippen molar-refractivity contribution < 1.29 is 67.0 Å². The van der Waals surface area contributed by atoms with E-state index in [0.29, 0.717) is 58.8 Å². The third kappa shape index (κ3) is 41.4.